The second-order valence-corrected chi connectivity index (χ2v) is 11.7. The Morgan fingerprint density at radius 1 is 1.31 bits per heavy atom. The third-order valence-electron chi connectivity index (χ3n) is 5.94. The van der Waals surface area contributed by atoms with Crippen molar-refractivity contribution in [2.45, 2.75) is 63.2 Å². The molecule has 1 saturated carbocycles. The highest BCUT2D eigenvalue weighted by atomic mass is 32.2. The minimum atomic E-state index is -3.87. The average Bonchev–Trinajstić information content (AvgIpc) is 3.51. The first-order valence-electron chi connectivity index (χ1n) is 11.3. The second-order valence-electron chi connectivity index (χ2n) is 9.88. The molecule has 1 aromatic rings. The standard InChI is InChI=1S/C24H36N2O5S/c1-17-13-26(18(2)16-27)32(29,30)23-9-8-19(10-11-24(3,4)28)12-21(23)31-22(17)15-25(5)14-20-6-7-20/h8-9,12,17-18,20,22,27-28H,6-7,13-16H2,1-5H3/t17-,18+,22-/m1/s1. The van der Waals surface area contributed by atoms with Crippen LogP contribution >= 0.6 is 0 Å². The third-order valence-corrected chi connectivity index (χ3v) is 7.96. The number of hydrogen-bond acceptors (Lipinski definition) is 6. The fourth-order valence-electron chi connectivity index (χ4n) is 3.87. The van der Waals surface area contributed by atoms with Crippen LogP contribution in [0.5, 0.6) is 5.75 Å². The summed E-state index contributed by atoms with van der Waals surface area (Å²) >= 11 is 0. The number of likely N-dealkylation sites (N-methyl/N-ethyl adjacent to an activating group) is 1. The molecule has 0 aromatic heterocycles. The molecule has 178 valence electrons. The van der Waals surface area contributed by atoms with Crippen molar-refractivity contribution >= 4 is 10.0 Å². The summed E-state index contributed by atoms with van der Waals surface area (Å²) in [7, 11) is -1.80. The first-order chi connectivity index (χ1) is 14.9. The zero-order chi connectivity index (χ0) is 23.7. The van der Waals surface area contributed by atoms with Crippen molar-refractivity contribution < 1.29 is 23.4 Å². The van der Waals surface area contributed by atoms with E-state index in [0.717, 1.165) is 12.5 Å². The van der Waals surface area contributed by atoms with E-state index in [1.807, 2.05) is 6.92 Å². The Balaban J connectivity index is 2.02. The maximum absolute atomic E-state index is 13.5. The van der Waals surface area contributed by atoms with Crippen LogP contribution in [0, 0.1) is 23.7 Å². The zero-order valence-corrected chi connectivity index (χ0v) is 20.5. The van der Waals surface area contributed by atoms with Crippen molar-refractivity contribution in [3.05, 3.63) is 23.8 Å². The molecule has 1 heterocycles. The zero-order valence-electron chi connectivity index (χ0n) is 19.7. The van der Waals surface area contributed by atoms with Gasteiger partial charge in [0.15, 0.2) is 0 Å². The Morgan fingerprint density at radius 3 is 2.59 bits per heavy atom. The van der Waals surface area contributed by atoms with Crippen LogP contribution in [-0.4, -0.2) is 78.9 Å². The van der Waals surface area contributed by atoms with Crippen molar-refractivity contribution in [1.29, 1.82) is 0 Å². The molecular weight excluding hydrogens is 428 g/mol. The molecule has 2 N–H and O–H groups in total. The van der Waals surface area contributed by atoms with Crippen molar-refractivity contribution in [1.82, 2.24) is 9.21 Å². The van der Waals surface area contributed by atoms with Gasteiger partial charge in [-0.1, -0.05) is 18.8 Å². The highest BCUT2D eigenvalue weighted by molar-refractivity contribution is 7.89. The molecule has 0 bridgehead atoms. The van der Waals surface area contributed by atoms with Crippen LogP contribution in [-0.2, 0) is 10.0 Å². The first kappa shape index (κ1) is 25.0. The lowest BCUT2D eigenvalue weighted by Gasteiger charge is -2.37. The summed E-state index contributed by atoms with van der Waals surface area (Å²) in [5, 5.41) is 19.7. The maximum atomic E-state index is 13.5. The van der Waals surface area contributed by atoms with Gasteiger partial charge >= 0.3 is 0 Å². The number of hydrogen-bond donors (Lipinski definition) is 2. The topological polar surface area (TPSA) is 90.3 Å². The predicted molar refractivity (Wildman–Crippen MR) is 124 cm³/mol. The number of aliphatic hydroxyl groups is 2. The molecule has 7 nitrogen and oxygen atoms in total. The van der Waals surface area contributed by atoms with Gasteiger partial charge in [-0.15, -0.1) is 0 Å². The lowest BCUT2D eigenvalue weighted by molar-refractivity contribution is 0.0740. The molecule has 0 unspecified atom stereocenters. The van der Waals surface area contributed by atoms with Crippen molar-refractivity contribution in [2.75, 3.05) is 33.3 Å². The van der Waals surface area contributed by atoms with Gasteiger partial charge in [-0.05, 0) is 64.8 Å². The van der Waals surface area contributed by atoms with Crippen LogP contribution in [0.3, 0.4) is 0 Å². The average molecular weight is 465 g/mol. The van der Waals surface area contributed by atoms with E-state index in [2.05, 4.69) is 23.8 Å². The normalized spacial score (nSPS) is 24.5. The van der Waals surface area contributed by atoms with E-state index in [1.165, 1.54) is 23.2 Å². The number of fused-ring (bicyclic) bond motifs is 1. The molecule has 1 aromatic carbocycles. The fourth-order valence-corrected chi connectivity index (χ4v) is 5.70. The number of ether oxygens (including phenoxy) is 1. The van der Waals surface area contributed by atoms with E-state index in [0.29, 0.717) is 12.1 Å². The quantitative estimate of drug-likeness (QED) is 0.625. The van der Waals surface area contributed by atoms with Gasteiger partial charge in [0.25, 0.3) is 0 Å². The summed E-state index contributed by atoms with van der Waals surface area (Å²) in [5.74, 6) is 6.59. The number of sulfonamides is 1. The van der Waals surface area contributed by atoms with Crippen LogP contribution in [0.15, 0.2) is 23.1 Å². The Hall–Kier alpha value is -1.63. The summed E-state index contributed by atoms with van der Waals surface area (Å²) in [6.07, 6.45) is 2.30. The monoisotopic (exact) mass is 464 g/mol. The van der Waals surface area contributed by atoms with Gasteiger partial charge in [-0.25, -0.2) is 8.42 Å². The fraction of sp³-hybridized carbons (Fsp3) is 0.667. The van der Waals surface area contributed by atoms with Crippen LogP contribution in [0.4, 0.5) is 0 Å². The van der Waals surface area contributed by atoms with Gasteiger partial charge in [0, 0.05) is 37.2 Å². The molecule has 0 amide bonds. The number of aliphatic hydroxyl groups excluding tert-OH is 1. The molecule has 1 aliphatic carbocycles. The summed E-state index contributed by atoms with van der Waals surface area (Å²) in [6, 6.07) is 4.23. The Morgan fingerprint density at radius 2 is 2.00 bits per heavy atom. The third kappa shape index (κ3) is 6.24. The molecule has 0 saturated heterocycles. The van der Waals surface area contributed by atoms with E-state index >= 15 is 0 Å². The van der Waals surface area contributed by atoms with Crippen LogP contribution < -0.4 is 4.74 Å². The van der Waals surface area contributed by atoms with E-state index < -0.39 is 21.7 Å². The second kappa shape index (κ2) is 9.70. The van der Waals surface area contributed by atoms with Crippen LogP contribution in [0.1, 0.15) is 46.1 Å². The highest BCUT2D eigenvalue weighted by Gasteiger charge is 2.38. The van der Waals surface area contributed by atoms with Crippen molar-refractivity contribution in [3.8, 4) is 17.6 Å². The van der Waals surface area contributed by atoms with Crippen molar-refractivity contribution in [3.63, 3.8) is 0 Å². The molecule has 1 aliphatic heterocycles. The molecule has 32 heavy (non-hydrogen) atoms. The summed E-state index contributed by atoms with van der Waals surface area (Å²) in [4.78, 5) is 2.33. The summed E-state index contributed by atoms with van der Waals surface area (Å²) in [6.45, 7) is 8.58. The minimum Gasteiger partial charge on any atom is -0.487 e. The Bertz CT molecular complexity index is 972. The minimum absolute atomic E-state index is 0.0772. The molecule has 0 radical (unpaired) electrons. The van der Waals surface area contributed by atoms with E-state index in [-0.39, 0.29) is 35.8 Å². The van der Waals surface area contributed by atoms with Crippen LogP contribution in [0.2, 0.25) is 0 Å². The van der Waals surface area contributed by atoms with Gasteiger partial charge in [0.2, 0.25) is 10.0 Å². The molecule has 8 heteroatoms. The number of nitrogens with zero attached hydrogens (tertiary/aromatic N) is 2. The molecule has 0 spiro atoms. The van der Waals surface area contributed by atoms with Crippen molar-refractivity contribution in [2.24, 2.45) is 11.8 Å². The molecule has 3 rings (SSSR count). The number of rotatable bonds is 6. The predicted octanol–water partition coefficient (Wildman–Crippen LogP) is 1.92. The first-order valence-corrected chi connectivity index (χ1v) is 12.7. The number of benzene rings is 1. The SMILES string of the molecule is C[C@@H]1CN([C@@H](C)CO)S(=O)(=O)c2ccc(C#CC(C)(C)O)cc2O[C@@H]1CN(C)CC1CC1. The molecule has 3 atom stereocenters. The Kier molecular flexibility index (Phi) is 7.58. The van der Waals surface area contributed by atoms with E-state index in [1.54, 1.807) is 32.9 Å². The largest absolute Gasteiger partial charge is 0.487 e. The van der Waals surface area contributed by atoms with Gasteiger partial charge in [0.1, 0.15) is 22.4 Å². The van der Waals surface area contributed by atoms with Gasteiger partial charge in [-0.2, -0.15) is 4.31 Å². The maximum Gasteiger partial charge on any atom is 0.247 e. The van der Waals surface area contributed by atoms with E-state index in [9.17, 15) is 18.6 Å². The van der Waals surface area contributed by atoms with Gasteiger partial charge in [0.05, 0.1) is 6.61 Å². The van der Waals surface area contributed by atoms with Gasteiger partial charge in [-0.3, -0.25) is 0 Å². The lowest BCUT2D eigenvalue weighted by Crippen LogP contribution is -2.49. The molecule has 2 aliphatic rings. The lowest BCUT2D eigenvalue weighted by atomic mass is 10.0. The highest BCUT2D eigenvalue weighted by Crippen LogP contribution is 2.35. The summed E-state index contributed by atoms with van der Waals surface area (Å²) in [5.41, 5.74) is -0.589. The van der Waals surface area contributed by atoms with Gasteiger partial charge < -0.3 is 19.8 Å². The Labute approximate surface area is 192 Å². The smallest absolute Gasteiger partial charge is 0.247 e. The van der Waals surface area contributed by atoms with E-state index in [4.69, 9.17) is 4.74 Å². The summed E-state index contributed by atoms with van der Waals surface area (Å²) < 4.78 is 34.7. The van der Waals surface area contributed by atoms with Crippen LogP contribution in [0.25, 0.3) is 0 Å². The molecular formula is C24H36N2O5S. The molecule has 1 fully saturated rings.